The van der Waals surface area contributed by atoms with E-state index in [1.165, 1.54) is 6.07 Å². The van der Waals surface area contributed by atoms with Gasteiger partial charge in [0.2, 0.25) is 0 Å². The van der Waals surface area contributed by atoms with Gasteiger partial charge in [-0.1, -0.05) is 103 Å². The second-order valence-corrected chi connectivity index (χ2v) is 12.5. The summed E-state index contributed by atoms with van der Waals surface area (Å²) in [5.41, 5.74) is 0. The number of rotatable bonds is 8. The maximum absolute atomic E-state index is 13.4. The SMILES string of the molecule is CC(C)N(P(c1ccccc1)c1ccccc1)P(c1ccccc1)c1ccccc1OC(F)(F)F. The Bertz CT molecular complexity index is 1170. The molecule has 7 heteroatoms. The standard InChI is InChI=1S/C28H26F3NOP2/c1-22(2)32(34(23-14-6-3-7-15-23)24-16-8-4-9-17-24)35(25-18-10-5-11-19-25)27-21-13-12-20-26(27)33-28(29,30)31/h3-22H,1-2H3. The van der Waals surface area contributed by atoms with Gasteiger partial charge >= 0.3 is 6.36 Å². The third-order valence-corrected chi connectivity index (χ3v) is 11.2. The predicted molar refractivity (Wildman–Crippen MR) is 142 cm³/mol. The van der Waals surface area contributed by atoms with Crippen molar-refractivity contribution in [3.63, 3.8) is 0 Å². The average Bonchev–Trinajstić information content (AvgIpc) is 2.85. The number of hydrogen-bond donors (Lipinski definition) is 0. The van der Waals surface area contributed by atoms with Gasteiger partial charge in [0, 0.05) is 27.5 Å². The van der Waals surface area contributed by atoms with E-state index in [-0.39, 0.29) is 11.8 Å². The zero-order valence-corrected chi connectivity index (χ0v) is 21.2. The molecule has 0 amide bonds. The first-order valence-electron chi connectivity index (χ1n) is 11.2. The van der Waals surface area contributed by atoms with Crippen LogP contribution in [-0.4, -0.2) is 16.8 Å². The molecule has 0 radical (unpaired) electrons. The van der Waals surface area contributed by atoms with Gasteiger partial charge in [-0.2, -0.15) is 0 Å². The van der Waals surface area contributed by atoms with Crippen LogP contribution < -0.4 is 26.0 Å². The molecule has 180 valence electrons. The fourth-order valence-electron chi connectivity index (χ4n) is 3.86. The molecule has 35 heavy (non-hydrogen) atoms. The summed E-state index contributed by atoms with van der Waals surface area (Å²) in [6.07, 6.45) is -4.78. The van der Waals surface area contributed by atoms with E-state index in [9.17, 15) is 13.2 Å². The van der Waals surface area contributed by atoms with E-state index < -0.39 is 22.5 Å². The van der Waals surface area contributed by atoms with Crippen LogP contribution in [0.1, 0.15) is 13.8 Å². The Balaban J connectivity index is 1.96. The van der Waals surface area contributed by atoms with Gasteiger partial charge in [0.25, 0.3) is 0 Å². The molecule has 0 bridgehead atoms. The number of para-hydroxylation sites is 1. The first-order valence-corrected chi connectivity index (χ1v) is 13.8. The van der Waals surface area contributed by atoms with Crippen LogP contribution in [0.5, 0.6) is 5.75 Å². The molecule has 4 rings (SSSR count). The summed E-state index contributed by atoms with van der Waals surface area (Å²) >= 11 is 0. The highest BCUT2D eigenvalue weighted by Crippen LogP contribution is 2.57. The smallest absolute Gasteiger partial charge is 0.405 e. The average molecular weight is 511 g/mol. The molecule has 0 spiro atoms. The highest BCUT2D eigenvalue weighted by molar-refractivity contribution is 7.84. The van der Waals surface area contributed by atoms with E-state index in [1.54, 1.807) is 18.2 Å². The molecule has 0 N–H and O–H groups in total. The first-order chi connectivity index (χ1) is 16.8. The summed E-state index contributed by atoms with van der Waals surface area (Å²) in [6.45, 7) is 4.21. The van der Waals surface area contributed by atoms with Crippen molar-refractivity contribution in [2.45, 2.75) is 26.3 Å². The van der Waals surface area contributed by atoms with E-state index >= 15 is 0 Å². The lowest BCUT2D eigenvalue weighted by molar-refractivity contribution is -0.274. The largest absolute Gasteiger partial charge is 0.573 e. The van der Waals surface area contributed by atoms with E-state index in [0.29, 0.717) is 5.30 Å². The Hall–Kier alpha value is -2.71. The molecule has 1 atom stereocenters. The second-order valence-electron chi connectivity index (χ2n) is 8.06. The fraction of sp³-hybridized carbons (Fsp3) is 0.143. The van der Waals surface area contributed by atoms with E-state index in [2.05, 4.69) is 47.3 Å². The lowest BCUT2D eigenvalue weighted by Gasteiger charge is -2.42. The quantitative estimate of drug-likeness (QED) is 0.245. The Labute approximate surface area is 207 Å². The maximum atomic E-state index is 13.4. The molecule has 0 fully saturated rings. The van der Waals surface area contributed by atoms with Crippen molar-refractivity contribution in [3.8, 4) is 5.75 Å². The monoisotopic (exact) mass is 511 g/mol. The van der Waals surface area contributed by atoms with Crippen LogP contribution in [0, 0.1) is 0 Å². The normalized spacial score (nSPS) is 12.8. The summed E-state index contributed by atoms with van der Waals surface area (Å²) in [7, 11) is -2.44. The molecule has 0 aliphatic rings. The van der Waals surface area contributed by atoms with Crippen molar-refractivity contribution in [2.75, 3.05) is 0 Å². The van der Waals surface area contributed by atoms with Crippen molar-refractivity contribution in [1.82, 2.24) is 4.44 Å². The van der Waals surface area contributed by atoms with Crippen molar-refractivity contribution in [2.24, 2.45) is 0 Å². The minimum atomic E-state index is -4.78. The summed E-state index contributed by atoms with van der Waals surface area (Å²) in [5.74, 6) is -0.156. The Morgan fingerprint density at radius 1 is 0.600 bits per heavy atom. The van der Waals surface area contributed by atoms with Crippen LogP contribution in [0.15, 0.2) is 115 Å². The number of halogens is 3. The Kier molecular flexibility index (Phi) is 8.23. The number of nitrogens with zero attached hydrogens (tertiary/aromatic N) is 1. The number of benzene rings is 4. The molecule has 0 saturated carbocycles. The van der Waals surface area contributed by atoms with Gasteiger partial charge in [-0.25, -0.2) is 4.44 Å². The molecule has 0 aliphatic carbocycles. The van der Waals surface area contributed by atoms with Crippen LogP contribution in [0.3, 0.4) is 0 Å². The fourth-order valence-corrected chi connectivity index (χ4v) is 10.1. The van der Waals surface area contributed by atoms with Crippen LogP contribution >= 0.6 is 16.1 Å². The molecular weight excluding hydrogens is 485 g/mol. The Morgan fingerprint density at radius 3 is 1.43 bits per heavy atom. The summed E-state index contributed by atoms with van der Waals surface area (Å²) in [5, 5.41) is 3.79. The van der Waals surface area contributed by atoms with Gasteiger partial charge in [-0.3, -0.25) is 0 Å². The molecule has 0 saturated heterocycles. The van der Waals surface area contributed by atoms with Gasteiger partial charge in [0.05, 0.1) is 0 Å². The molecule has 4 aromatic rings. The molecule has 4 aromatic carbocycles. The summed E-state index contributed by atoms with van der Waals surface area (Å²) in [6, 6.07) is 36.8. The first kappa shape index (κ1) is 25.4. The maximum Gasteiger partial charge on any atom is 0.573 e. The number of hydrogen-bond acceptors (Lipinski definition) is 2. The van der Waals surface area contributed by atoms with Crippen molar-refractivity contribution >= 4 is 37.4 Å². The third kappa shape index (κ3) is 6.30. The van der Waals surface area contributed by atoms with Crippen LogP contribution in [0.25, 0.3) is 0 Å². The third-order valence-electron chi connectivity index (χ3n) is 5.19. The van der Waals surface area contributed by atoms with E-state index in [4.69, 9.17) is 0 Å². The van der Waals surface area contributed by atoms with Crippen LogP contribution in [-0.2, 0) is 0 Å². The molecular formula is C28H26F3NOP2. The van der Waals surface area contributed by atoms with E-state index in [1.807, 2.05) is 66.7 Å². The molecule has 0 heterocycles. The van der Waals surface area contributed by atoms with Crippen molar-refractivity contribution in [1.29, 1.82) is 0 Å². The summed E-state index contributed by atoms with van der Waals surface area (Å²) < 4.78 is 47.2. The molecule has 0 aromatic heterocycles. The topological polar surface area (TPSA) is 12.5 Å². The van der Waals surface area contributed by atoms with Gasteiger partial charge in [0.15, 0.2) is 0 Å². The second kappa shape index (κ2) is 11.4. The van der Waals surface area contributed by atoms with Gasteiger partial charge in [-0.15, -0.1) is 13.2 Å². The Morgan fingerprint density at radius 2 is 1.00 bits per heavy atom. The molecule has 1 unspecified atom stereocenters. The molecule has 2 nitrogen and oxygen atoms in total. The van der Waals surface area contributed by atoms with Gasteiger partial charge in [-0.05, 0) is 41.9 Å². The lowest BCUT2D eigenvalue weighted by atomic mass is 10.3. The minimum absolute atomic E-state index is 0.0341. The molecule has 0 aliphatic heterocycles. The lowest BCUT2D eigenvalue weighted by Crippen LogP contribution is -2.36. The van der Waals surface area contributed by atoms with Crippen LogP contribution in [0.4, 0.5) is 13.2 Å². The van der Waals surface area contributed by atoms with Crippen LogP contribution in [0.2, 0.25) is 0 Å². The summed E-state index contributed by atoms with van der Waals surface area (Å²) in [4.78, 5) is 0. The van der Waals surface area contributed by atoms with Crippen molar-refractivity contribution < 1.29 is 17.9 Å². The zero-order chi connectivity index (χ0) is 24.8. The highest BCUT2D eigenvalue weighted by Gasteiger charge is 2.37. The van der Waals surface area contributed by atoms with Gasteiger partial charge in [0.1, 0.15) is 5.75 Å². The minimum Gasteiger partial charge on any atom is -0.405 e. The van der Waals surface area contributed by atoms with E-state index in [0.717, 1.165) is 15.9 Å². The number of alkyl halides is 3. The zero-order valence-electron chi connectivity index (χ0n) is 19.4. The highest BCUT2D eigenvalue weighted by atomic mass is 31.2. The van der Waals surface area contributed by atoms with Crippen molar-refractivity contribution in [3.05, 3.63) is 115 Å². The predicted octanol–water partition coefficient (Wildman–Crippen LogP) is 6.69. The van der Waals surface area contributed by atoms with Gasteiger partial charge < -0.3 is 4.74 Å². The number of ether oxygens (including phenoxy) is 1.